The van der Waals surface area contributed by atoms with Crippen LogP contribution in [0.25, 0.3) is 0 Å². The van der Waals surface area contributed by atoms with Crippen LogP contribution in [-0.2, 0) is 0 Å². The Bertz CT molecular complexity index is 567. The summed E-state index contributed by atoms with van der Waals surface area (Å²) >= 11 is 0. The summed E-state index contributed by atoms with van der Waals surface area (Å²) in [5.74, 6) is -0.438. The number of nitrogens with zero attached hydrogens (tertiary/aromatic N) is 2. The summed E-state index contributed by atoms with van der Waals surface area (Å²) in [6, 6.07) is 10.4. The zero-order chi connectivity index (χ0) is 12.3. The second-order valence-corrected chi connectivity index (χ2v) is 3.59. The van der Waals surface area contributed by atoms with E-state index in [4.69, 9.17) is 9.68 Å². The first-order chi connectivity index (χ1) is 8.22. The zero-order valence-electron chi connectivity index (χ0n) is 9.25. The summed E-state index contributed by atoms with van der Waals surface area (Å²) in [7, 11) is 0. The molecule has 4 nitrogen and oxygen atoms in total. The quantitative estimate of drug-likeness (QED) is 0.754. The van der Waals surface area contributed by atoms with Crippen molar-refractivity contribution >= 4 is 5.78 Å². The molecule has 0 amide bonds. The van der Waals surface area contributed by atoms with E-state index in [1.54, 1.807) is 43.5 Å². The molecular weight excluding hydrogens is 216 g/mol. The summed E-state index contributed by atoms with van der Waals surface area (Å²) in [6.45, 7) is 1.75. The first-order valence-corrected chi connectivity index (χ1v) is 5.13. The van der Waals surface area contributed by atoms with Crippen molar-refractivity contribution in [1.82, 2.24) is 4.98 Å². The second-order valence-electron chi connectivity index (χ2n) is 3.59. The minimum absolute atomic E-state index is 0.194. The molecule has 84 valence electrons. The number of hydrogen-bond donors (Lipinski definition) is 0. The normalized spacial score (nSPS) is 11.8. The van der Waals surface area contributed by atoms with Gasteiger partial charge in [0.1, 0.15) is 5.76 Å². The van der Waals surface area contributed by atoms with Crippen molar-refractivity contribution in [2.24, 2.45) is 0 Å². The zero-order valence-corrected chi connectivity index (χ0v) is 9.25. The molecular formula is C13H10N2O2. The number of hydrogen-bond acceptors (Lipinski definition) is 4. The molecule has 0 aromatic carbocycles. The summed E-state index contributed by atoms with van der Waals surface area (Å²) in [4.78, 5) is 16.1. The van der Waals surface area contributed by atoms with E-state index in [0.717, 1.165) is 0 Å². The SMILES string of the molecule is Cc1ccc(C(=O)C(C#N)c2ccccn2)o1. The topological polar surface area (TPSA) is 66.9 Å². The van der Waals surface area contributed by atoms with Crippen molar-refractivity contribution in [2.45, 2.75) is 12.8 Å². The first kappa shape index (κ1) is 11.1. The minimum Gasteiger partial charge on any atom is -0.458 e. The number of aryl methyl sites for hydroxylation is 1. The molecule has 2 aromatic heterocycles. The molecule has 0 fully saturated rings. The van der Waals surface area contributed by atoms with Gasteiger partial charge in [-0.3, -0.25) is 9.78 Å². The second kappa shape index (κ2) is 4.62. The fraction of sp³-hybridized carbons (Fsp3) is 0.154. The Kier molecular flexibility index (Phi) is 3.01. The molecule has 0 aliphatic rings. The van der Waals surface area contributed by atoms with Crippen molar-refractivity contribution in [3.8, 4) is 6.07 Å². The van der Waals surface area contributed by atoms with Crippen LogP contribution in [-0.4, -0.2) is 10.8 Å². The van der Waals surface area contributed by atoms with Gasteiger partial charge < -0.3 is 4.42 Å². The van der Waals surface area contributed by atoms with Crippen LogP contribution in [0.4, 0.5) is 0 Å². The van der Waals surface area contributed by atoms with E-state index in [2.05, 4.69) is 4.98 Å². The van der Waals surface area contributed by atoms with Crippen molar-refractivity contribution in [3.63, 3.8) is 0 Å². The largest absolute Gasteiger partial charge is 0.458 e. The maximum atomic E-state index is 12.0. The molecule has 4 heteroatoms. The van der Waals surface area contributed by atoms with Gasteiger partial charge in [0.2, 0.25) is 5.78 Å². The standard InChI is InChI=1S/C13H10N2O2/c1-9-5-6-12(17-9)13(16)10(8-14)11-4-2-3-7-15-11/h2-7,10H,1H3. The van der Waals surface area contributed by atoms with Crippen LogP contribution in [0.15, 0.2) is 40.9 Å². The summed E-state index contributed by atoms with van der Waals surface area (Å²) in [5, 5.41) is 9.07. The Balaban J connectivity index is 2.32. The Morgan fingerprint density at radius 2 is 2.24 bits per heavy atom. The van der Waals surface area contributed by atoms with E-state index in [1.165, 1.54) is 0 Å². The number of furan rings is 1. The van der Waals surface area contributed by atoms with Gasteiger partial charge in [0.25, 0.3) is 0 Å². The summed E-state index contributed by atoms with van der Waals surface area (Å²) in [6.07, 6.45) is 1.56. The van der Waals surface area contributed by atoms with Crippen molar-refractivity contribution in [2.75, 3.05) is 0 Å². The molecule has 0 radical (unpaired) electrons. The Morgan fingerprint density at radius 3 is 2.76 bits per heavy atom. The van der Waals surface area contributed by atoms with Gasteiger partial charge in [-0.1, -0.05) is 6.07 Å². The molecule has 17 heavy (non-hydrogen) atoms. The van der Waals surface area contributed by atoms with Crippen LogP contribution in [0.5, 0.6) is 0 Å². The number of pyridine rings is 1. The smallest absolute Gasteiger partial charge is 0.221 e. The highest BCUT2D eigenvalue weighted by Gasteiger charge is 2.25. The average Bonchev–Trinajstić information content (AvgIpc) is 2.78. The highest BCUT2D eigenvalue weighted by atomic mass is 16.3. The molecule has 2 aromatic rings. The van der Waals surface area contributed by atoms with Crippen molar-refractivity contribution in [1.29, 1.82) is 5.26 Å². The molecule has 2 rings (SSSR count). The van der Waals surface area contributed by atoms with E-state index < -0.39 is 5.92 Å². The van der Waals surface area contributed by atoms with Gasteiger partial charge in [0, 0.05) is 6.20 Å². The van der Waals surface area contributed by atoms with Crippen molar-refractivity contribution < 1.29 is 9.21 Å². The molecule has 0 aliphatic carbocycles. The predicted molar refractivity (Wildman–Crippen MR) is 60.4 cm³/mol. The maximum Gasteiger partial charge on any atom is 0.221 e. The van der Waals surface area contributed by atoms with Gasteiger partial charge in [-0.25, -0.2) is 0 Å². The predicted octanol–water partition coefficient (Wildman–Crippen LogP) is 2.47. The third-order valence-electron chi connectivity index (χ3n) is 2.36. The van der Waals surface area contributed by atoms with Gasteiger partial charge in [0.05, 0.1) is 11.8 Å². The van der Waals surface area contributed by atoms with Gasteiger partial charge >= 0.3 is 0 Å². The maximum absolute atomic E-state index is 12.0. The van der Waals surface area contributed by atoms with Gasteiger partial charge in [-0.05, 0) is 31.2 Å². The van der Waals surface area contributed by atoms with Gasteiger partial charge in [0.15, 0.2) is 11.7 Å². The molecule has 0 saturated carbocycles. The lowest BCUT2D eigenvalue weighted by atomic mass is 9.99. The summed E-state index contributed by atoms with van der Waals surface area (Å²) in [5.41, 5.74) is 0.439. The number of nitriles is 1. The van der Waals surface area contributed by atoms with Crippen LogP contribution in [0, 0.1) is 18.3 Å². The molecule has 0 N–H and O–H groups in total. The molecule has 1 atom stereocenters. The van der Waals surface area contributed by atoms with Crippen LogP contribution in [0.3, 0.4) is 0 Å². The lowest BCUT2D eigenvalue weighted by Gasteiger charge is -2.04. The third-order valence-corrected chi connectivity index (χ3v) is 2.36. The molecule has 0 aliphatic heterocycles. The molecule has 0 saturated heterocycles. The Hall–Kier alpha value is -2.41. The van der Waals surface area contributed by atoms with E-state index in [9.17, 15) is 4.79 Å². The van der Waals surface area contributed by atoms with Crippen LogP contribution in [0.1, 0.15) is 27.9 Å². The van der Waals surface area contributed by atoms with Crippen LogP contribution in [0.2, 0.25) is 0 Å². The van der Waals surface area contributed by atoms with Crippen LogP contribution >= 0.6 is 0 Å². The first-order valence-electron chi connectivity index (χ1n) is 5.13. The van der Waals surface area contributed by atoms with Crippen LogP contribution < -0.4 is 0 Å². The fourth-order valence-electron chi connectivity index (χ4n) is 1.52. The highest BCUT2D eigenvalue weighted by Crippen LogP contribution is 2.19. The molecule has 0 spiro atoms. The number of Topliss-reactive ketones (excluding diaryl/α,β-unsaturated/α-hetero) is 1. The Labute approximate surface area is 98.5 Å². The minimum atomic E-state index is -0.915. The van der Waals surface area contributed by atoms with E-state index >= 15 is 0 Å². The number of aromatic nitrogens is 1. The third kappa shape index (κ3) is 2.23. The fourth-order valence-corrected chi connectivity index (χ4v) is 1.52. The van der Waals surface area contributed by atoms with Gasteiger partial charge in [-0.2, -0.15) is 5.26 Å². The average molecular weight is 226 g/mol. The molecule has 1 unspecified atom stereocenters. The Morgan fingerprint density at radius 1 is 1.41 bits per heavy atom. The lowest BCUT2D eigenvalue weighted by molar-refractivity contribution is 0.0949. The highest BCUT2D eigenvalue weighted by molar-refractivity contribution is 6.00. The number of ketones is 1. The van der Waals surface area contributed by atoms with E-state index in [1.807, 2.05) is 6.07 Å². The number of carbonyl (C=O) groups is 1. The number of rotatable bonds is 3. The monoisotopic (exact) mass is 226 g/mol. The lowest BCUT2D eigenvalue weighted by Crippen LogP contribution is -2.11. The van der Waals surface area contributed by atoms with Crippen molar-refractivity contribution in [3.05, 3.63) is 53.7 Å². The summed E-state index contributed by atoms with van der Waals surface area (Å²) < 4.78 is 5.22. The molecule has 2 heterocycles. The van der Waals surface area contributed by atoms with E-state index in [0.29, 0.717) is 11.5 Å². The van der Waals surface area contributed by atoms with Gasteiger partial charge in [-0.15, -0.1) is 0 Å². The number of carbonyl (C=O) groups excluding carboxylic acids is 1. The molecule has 0 bridgehead atoms. The van der Waals surface area contributed by atoms with E-state index in [-0.39, 0.29) is 11.5 Å².